The van der Waals surface area contributed by atoms with Crippen molar-refractivity contribution in [3.8, 4) is 43.4 Å². The number of thiazole rings is 6. The molecule has 7 aromatic heterocycles. The van der Waals surface area contributed by atoms with Crippen molar-refractivity contribution < 1.29 is 52.9 Å². The van der Waals surface area contributed by atoms with E-state index in [4.69, 9.17) is 35.1 Å². The largest absolute Gasteiger partial charge is 0.449 e. The topological polar surface area (TPSA) is 367 Å². The number of aliphatic hydroxyl groups excluding tert-OH is 1. The van der Waals surface area contributed by atoms with E-state index in [1.165, 1.54) is 53.1 Å². The Morgan fingerprint density at radius 1 is 0.753 bits per heavy atom. The van der Waals surface area contributed by atoms with Crippen LogP contribution in [0.4, 0.5) is 10.6 Å². The number of primary amides is 1. The fourth-order valence-electron chi connectivity index (χ4n) is 9.67. The van der Waals surface area contributed by atoms with E-state index >= 15 is 0 Å². The summed E-state index contributed by atoms with van der Waals surface area (Å²) in [6.07, 6.45) is -0.845. The van der Waals surface area contributed by atoms with Crippen LogP contribution in [0.15, 0.2) is 64.0 Å². The second kappa shape index (κ2) is 28.4. The number of nitrogens with one attached hydrogen (secondary N) is 6. The minimum Gasteiger partial charge on any atom is -0.449 e. The van der Waals surface area contributed by atoms with Gasteiger partial charge >= 0.3 is 6.09 Å². The lowest BCUT2D eigenvalue weighted by Crippen LogP contribution is -2.43. The van der Waals surface area contributed by atoms with Gasteiger partial charge in [0.1, 0.15) is 88.2 Å². The maximum Gasteiger partial charge on any atom is 0.412 e. The summed E-state index contributed by atoms with van der Waals surface area (Å²) in [5.74, 6) is -3.82. The van der Waals surface area contributed by atoms with E-state index in [9.17, 15) is 43.5 Å². The molecule has 8 aromatic rings. The lowest BCUT2D eigenvalue weighted by Gasteiger charge is -2.23. The molecule has 2 aliphatic heterocycles. The minimum absolute atomic E-state index is 0.00639. The Balaban J connectivity index is 0.981. The molecule has 5 atom stereocenters. The molecule has 0 unspecified atom stereocenters. The predicted molar refractivity (Wildman–Crippen MR) is 335 cm³/mol. The predicted octanol–water partition coefficient (Wildman–Crippen LogP) is 7.12. The van der Waals surface area contributed by atoms with Crippen molar-refractivity contribution in [2.24, 2.45) is 11.7 Å². The van der Waals surface area contributed by atoms with Crippen LogP contribution < -0.4 is 37.6 Å². The number of ether oxygens (including phenoxy) is 2. The molecule has 9 heterocycles. The van der Waals surface area contributed by atoms with Crippen LogP contribution in [0.3, 0.4) is 0 Å². The summed E-state index contributed by atoms with van der Waals surface area (Å²) in [5, 5.41) is 37.5. The number of amides is 8. The van der Waals surface area contributed by atoms with Gasteiger partial charge in [-0.25, -0.2) is 39.7 Å². The van der Waals surface area contributed by atoms with Gasteiger partial charge in [-0.3, -0.25) is 38.9 Å². The van der Waals surface area contributed by atoms with E-state index in [-0.39, 0.29) is 72.2 Å². The normalized spacial score (nSPS) is 17.7. The SMILES string of the molecule is CNC(=O)C[C@@H]1NC(=O)c2csc(n2)-c2ccc(-c3nc(NC(=O)OCCCC(=O)N4CCC[C@H]4C(N)=O)cs3)nc2-c2csc(n2)-c2csc(n2)[C@H]([C@@H](O)c2ccccc2)NC(=O)CNC(=O)c2nc(sc2COC)[C@H](C(C)C)NC(=O)c2nc1sc2C. The van der Waals surface area contributed by atoms with E-state index in [0.29, 0.717) is 88.1 Å². The van der Waals surface area contributed by atoms with Crippen LogP contribution >= 0.6 is 68.0 Å². The average Bonchev–Trinajstić information content (AvgIpc) is 1.79. The monoisotopic (exact) mass is 1320 g/mol. The van der Waals surface area contributed by atoms with E-state index in [1.54, 1.807) is 70.9 Å². The Bertz CT molecular complexity index is 3950. The third kappa shape index (κ3) is 14.9. The zero-order chi connectivity index (χ0) is 63.0. The number of carbonyl (C=O) groups excluding carboxylic acids is 8. The summed E-state index contributed by atoms with van der Waals surface area (Å²) in [7, 11) is 2.93. The number of aryl methyl sites for hydroxylation is 1. The first-order valence-corrected chi connectivity index (χ1v) is 33.0. The molecule has 10 rings (SSSR count). The van der Waals surface area contributed by atoms with E-state index < -0.39 is 78.4 Å². The number of methoxy groups -OCH3 is 1. The van der Waals surface area contributed by atoms with Gasteiger partial charge in [-0.05, 0) is 49.8 Å². The summed E-state index contributed by atoms with van der Waals surface area (Å²) < 4.78 is 10.8. The van der Waals surface area contributed by atoms with E-state index in [2.05, 4.69) is 46.9 Å². The Hall–Kier alpha value is -8.37. The number of carbonyl (C=O) groups is 8. The van der Waals surface area contributed by atoms with Gasteiger partial charge in [-0.1, -0.05) is 44.2 Å². The van der Waals surface area contributed by atoms with Crippen molar-refractivity contribution in [3.05, 3.63) is 111 Å². The number of pyridine rings is 1. The summed E-state index contributed by atoms with van der Waals surface area (Å²) in [6.45, 7) is 5.29. The minimum atomic E-state index is -1.29. The Morgan fingerprint density at radius 3 is 2.25 bits per heavy atom. The highest BCUT2D eigenvalue weighted by atomic mass is 32.1. The number of hydrogen-bond donors (Lipinski definition) is 8. The molecule has 1 aromatic carbocycles. The number of benzene rings is 1. The highest BCUT2D eigenvalue weighted by Gasteiger charge is 2.35. The van der Waals surface area contributed by atoms with Gasteiger partial charge in [0.05, 0.1) is 48.8 Å². The van der Waals surface area contributed by atoms with Gasteiger partial charge in [0.15, 0.2) is 0 Å². The number of likely N-dealkylation sites (tertiary alicyclic amines) is 1. The van der Waals surface area contributed by atoms with Gasteiger partial charge in [-0.2, -0.15) is 0 Å². The maximum atomic E-state index is 14.3. The zero-order valence-corrected chi connectivity index (χ0v) is 53.2. The molecule has 0 radical (unpaired) electrons. The molecule has 0 spiro atoms. The van der Waals surface area contributed by atoms with E-state index in [1.807, 2.05) is 13.8 Å². The van der Waals surface area contributed by atoms with Crippen LogP contribution in [0.5, 0.6) is 0 Å². The molecule has 89 heavy (non-hydrogen) atoms. The van der Waals surface area contributed by atoms with Crippen molar-refractivity contribution in [1.29, 1.82) is 0 Å². The Kier molecular flexibility index (Phi) is 20.3. The number of fused-ring (bicyclic) bond motifs is 14. The molecule has 0 saturated carbocycles. The van der Waals surface area contributed by atoms with Gasteiger partial charge in [0.25, 0.3) is 17.7 Å². The second-order valence-corrected chi connectivity index (χ2v) is 26.5. The maximum absolute atomic E-state index is 14.3. The third-order valence-electron chi connectivity index (χ3n) is 14.1. The van der Waals surface area contributed by atoms with Crippen LogP contribution in [0.1, 0.15) is 132 Å². The van der Waals surface area contributed by atoms with Crippen molar-refractivity contribution in [1.82, 2.24) is 66.4 Å². The zero-order valence-electron chi connectivity index (χ0n) is 48.3. The first kappa shape index (κ1) is 63.6. The standard InChI is InChI=1S/C57H59N15O11S6/c1-26(2)41-56-71-44(36(89-56)21-82-5)49(79)60-20-39(74)68-45(46(76)28-11-7-6-8-12-28)55-65-34(24-86-55)53-63-32(22-85-53)43-29(51-64-33(23-84-51)48(78)62-31(19-38(73)59-4)54-70-42(27(3)88-54)50(80)69-41)15-16-30(61-43)52-66-37(25-87-52)67-57(81)83-18-10-14-40(75)72-17-9-13-35(72)47(58)77/h6-8,11-12,15-16,22-26,31,35,41,45-46,76H,9-10,13-14,17-21H2,1-5H3,(H2,58,77)(H,59,73)(H,60,79)(H,62,78)(H,67,81)(H,68,74)(H,69,80)/t31-,35-,41-,45-,46-/m0/s1. The summed E-state index contributed by atoms with van der Waals surface area (Å²) in [5.41, 5.74) is 7.98. The summed E-state index contributed by atoms with van der Waals surface area (Å²) in [4.78, 5) is 143. The van der Waals surface area contributed by atoms with Gasteiger partial charge in [0, 0.05) is 59.1 Å². The Morgan fingerprint density at radius 2 is 1.48 bits per heavy atom. The van der Waals surface area contributed by atoms with Crippen LogP contribution in [0, 0.1) is 12.8 Å². The Labute approximate surface area is 532 Å². The first-order chi connectivity index (χ1) is 42.8. The summed E-state index contributed by atoms with van der Waals surface area (Å²) in [6, 6.07) is 8.72. The number of rotatable bonds is 14. The van der Waals surface area contributed by atoms with Gasteiger partial charge in [0.2, 0.25) is 23.6 Å². The number of aromatic nitrogens is 7. The van der Waals surface area contributed by atoms with Crippen LogP contribution in [-0.2, 0) is 35.3 Å². The number of nitrogens with two attached hydrogens (primary N) is 1. The quantitative estimate of drug-likeness (QED) is 0.0502. The summed E-state index contributed by atoms with van der Waals surface area (Å²) >= 11 is 7.06. The fraction of sp³-hybridized carbons (Fsp3) is 0.351. The fourth-order valence-corrected chi connectivity index (χ4v) is 15.2. The van der Waals surface area contributed by atoms with Crippen molar-refractivity contribution in [3.63, 3.8) is 0 Å². The molecular formula is C57H59N15O11S6. The smallest absolute Gasteiger partial charge is 0.412 e. The first-order valence-electron chi connectivity index (χ1n) is 27.8. The number of aliphatic hydroxyl groups is 1. The molecule has 32 heteroatoms. The number of hydrogen-bond acceptors (Lipinski definition) is 24. The molecular weight excluding hydrogens is 1260 g/mol. The molecule has 1 saturated heterocycles. The second-order valence-electron chi connectivity index (χ2n) is 20.7. The third-order valence-corrected chi connectivity index (χ3v) is 19.9. The molecule has 464 valence electrons. The molecule has 8 amide bonds. The van der Waals surface area contributed by atoms with E-state index in [0.717, 1.165) is 34.0 Å². The lowest BCUT2D eigenvalue weighted by atomic mass is 10.0. The van der Waals surface area contributed by atoms with Crippen LogP contribution in [0.25, 0.3) is 43.4 Å². The highest BCUT2D eigenvalue weighted by Crippen LogP contribution is 2.40. The molecule has 0 aliphatic carbocycles. The molecule has 10 bridgehead atoms. The number of nitrogens with zero attached hydrogens (tertiary/aromatic N) is 8. The van der Waals surface area contributed by atoms with Crippen molar-refractivity contribution >= 4 is 121 Å². The average molecular weight is 1320 g/mol. The van der Waals surface area contributed by atoms with Crippen LogP contribution in [0.2, 0.25) is 0 Å². The molecule has 2 aliphatic rings. The van der Waals surface area contributed by atoms with Crippen molar-refractivity contribution in [2.75, 3.05) is 39.2 Å². The number of anilines is 1. The molecule has 9 N–H and O–H groups in total. The van der Waals surface area contributed by atoms with Crippen molar-refractivity contribution in [2.45, 2.75) is 89.8 Å². The van der Waals surface area contributed by atoms with Gasteiger partial charge < -0.3 is 51.8 Å². The highest BCUT2D eigenvalue weighted by molar-refractivity contribution is 7.15. The molecule has 1 fully saturated rings. The van der Waals surface area contributed by atoms with Gasteiger partial charge in [-0.15, -0.1) is 68.0 Å². The lowest BCUT2D eigenvalue weighted by molar-refractivity contribution is -0.137. The van der Waals surface area contributed by atoms with Crippen LogP contribution in [-0.4, -0.2) is 132 Å². The molecule has 26 nitrogen and oxygen atoms in total.